The monoisotopic (exact) mass is 311 g/mol. The molecule has 1 aliphatic heterocycles. The first-order valence-electron chi connectivity index (χ1n) is 7.40. The molecule has 2 aliphatic rings. The average Bonchev–Trinajstić information content (AvgIpc) is 3.03. The zero-order valence-corrected chi connectivity index (χ0v) is 12.9. The maximum absolute atomic E-state index is 13.0. The second-order valence-electron chi connectivity index (χ2n) is 5.49. The molecule has 1 aromatic rings. The summed E-state index contributed by atoms with van der Waals surface area (Å²) < 4.78 is 5.14. The van der Waals surface area contributed by atoms with E-state index in [9.17, 15) is 9.70 Å². The third kappa shape index (κ3) is 2.56. The topological polar surface area (TPSA) is 71.3 Å². The lowest BCUT2D eigenvalue weighted by molar-refractivity contribution is 0.0824. The first kappa shape index (κ1) is 15.1. The molecule has 1 aliphatic carbocycles. The van der Waals surface area contributed by atoms with E-state index in [-0.39, 0.29) is 17.3 Å². The standard InChI is InChI=1S/C17H17N3O3/c1-18-13-10-14(19-22)16(23-2)9-12(13)17(21)20-8-7-11-5-3-4-6-15(11)20/h3-4,6,9-11H,1,5,7-8H2,2H3. The summed E-state index contributed by atoms with van der Waals surface area (Å²) in [4.78, 5) is 29.5. The summed E-state index contributed by atoms with van der Waals surface area (Å²) >= 11 is 0. The summed E-state index contributed by atoms with van der Waals surface area (Å²) in [6, 6.07) is 2.93. The number of fused-ring (bicyclic) bond motifs is 1. The van der Waals surface area contributed by atoms with E-state index in [2.05, 4.69) is 23.0 Å². The van der Waals surface area contributed by atoms with E-state index in [1.54, 1.807) is 4.90 Å². The molecule has 6 heteroatoms. The second kappa shape index (κ2) is 6.16. The Morgan fingerprint density at radius 2 is 2.22 bits per heavy atom. The van der Waals surface area contributed by atoms with Gasteiger partial charge in [0.15, 0.2) is 5.69 Å². The number of benzene rings is 1. The van der Waals surface area contributed by atoms with Crippen LogP contribution in [0, 0.1) is 10.8 Å². The van der Waals surface area contributed by atoms with Crippen molar-refractivity contribution < 1.29 is 9.53 Å². The SMILES string of the molecule is C=Nc1cc(N=O)c(OC)cc1C(=O)N1CCC2CC=CC=C21. The molecule has 3 rings (SSSR count). The maximum atomic E-state index is 13.0. The van der Waals surface area contributed by atoms with Crippen molar-refractivity contribution in [2.24, 2.45) is 16.1 Å². The highest BCUT2D eigenvalue weighted by molar-refractivity contribution is 6.01. The number of ether oxygens (including phenoxy) is 1. The van der Waals surface area contributed by atoms with Crippen molar-refractivity contribution >= 4 is 24.0 Å². The van der Waals surface area contributed by atoms with Crippen molar-refractivity contribution in [3.8, 4) is 5.75 Å². The highest BCUT2D eigenvalue weighted by Gasteiger charge is 2.33. The molecule has 1 saturated heterocycles. The number of rotatable bonds is 4. The van der Waals surface area contributed by atoms with Crippen LogP contribution in [0.3, 0.4) is 0 Å². The number of nitrogens with zero attached hydrogens (tertiary/aromatic N) is 3. The smallest absolute Gasteiger partial charge is 0.260 e. The van der Waals surface area contributed by atoms with Crippen LogP contribution in [-0.4, -0.2) is 31.2 Å². The van der Waals surface area contributed by atoms with Crippen LogP contribution < -0.4 is 4.74 Å². The molecule has 1 amide bonds. The summed E-state index contributed by atoms with van der Waals surface area (Å²) in [7, 11) is 1.43. The highest BCUT2D eigenvalue weighted by atomic mass is 16.5. The van der Waals surface area contributed by atoms with Gasteiger partial charge >= 0.3 is 0 Å². The predicted molar refractivity (Wildman–Crippen MR) is 88.6 cm³/mol. The predicted octanol–water partition coefficient (Wildman–Crippen LogP) is 3.73. The summed E-state index contributed by atoms with van der Waals surface area (Å²) in [5.41, 5.74) is 1.83. The van der Waals surface area contributed by atoms with E-state index >= 15 is 0 Å². The molecular formula is C17H17N3O3. The van der Waals surface area contributed by atoms with Gasteiger partial charge in [0, 0.05) is 18.2 Å². The van der Waals surface area contributed by atoms with Gasteiger partial charge in [-0.3, -0.25) is 9.79 Å². The summed E-state index contributed by atoms with van der Waals surface area (Å²) in [5, 5.41) is 2.91. The van der Waals surface area contributed by atoms with Crippen LogP contribution in [0.15, 0.2) is 46.2 Å². The summed E-state index contributed by atoms with van der Waals surface area (Å²) in [6.07, 6.45) is 7.98. The Labute approximate surface area is 134 Å². The number of allylic oxidation sites excluding steroid dienone is 4. The largest absolute Gasteiger partial charge is 0.494 e. The Hall–Kier alpha value is -2.76. The highest BCUT2D eigenvalue weighted by Crippen LogP contribution is 2.39. The average molecular weight is 311 g/mol. The van der Waals surface area contributed by atoms with Crippen molar-refractivity contribution in [3.63, 3.8) is 0 Å². The fourth-order valence-electron chi connectivity index (χ4n) is 3.11. The van der Waals surface area contributed by atoms with Crippen molar-refractivity contribution in [1.82, 2.24) is 4.90 Å². The van der Waals surface area contributed by atoms with E-state index in [0.29, 0.717) is 23.7 Å². The molecule has 1 fully saturated rings. The molecule has 0 radical (unpaired) electrons. The van der Waals surface area contributed by atoms with Crippen LogP contribution in [0.25, 0.3) is 0 Å². The molecule has 0 bridgehead atoms. The molecule has 1 unspecified atom stereocenters. The number of carbonyl (C=O) groups excluding carboxylic acids is 1. The van der Waals surface area contributed by atoms with Gasteiger partial charge < -0.3 is 9.64 Å². The van der Waals surface area contributed by atoms with Crippen molar-refractivity contribution in [3.05, 3.63) is 46.5 Å². The molecule has 0 aromatic heterocycles. The Morgan fingerprint density at radius 3 is 2.91 bits per heavy atom. The van der Waals surface area contributed by atoms with Crippen molar-refractivity contribution in [2.75, 3.05) is 13.7 Å². The minimum Gasteiger partial charge on any atom is -0.494 e. The van der Waals surface area contributed by atoms with Gasteiger partial charge in [0.1, 0.15) is 5.75 Å². The third-order valence-corrected chi connectivity index (χ3v) is 4.30. The van der Waals surface area contributed by atoms with E-state index < -0.39 is 0 Å². The van der Waals surface area contributed by atoms with Crippen LogP contribution in [0.2, 0.25) is 0 Å². The van der Waals surface area contributed by atoms with E-state index in [4.69, 9.17) is 4.74 Å². The van der Waals surface area contributed by atoms with E-state index in [1.165, 1.54) is 19.2 Å². The van der Waals surface area contributed by atoms with Crippen LogP contribution in [0.5, 0.6) is 5.75 Å². The molecule has 23 heavy (non-hydrogen) atoms. The summed E-state index contributed by atoms with van der Waals surface area (Å²) in [5.74, 6) is 0.484. The first-order chi connectivity index (χ1) is 11.2. The molecule has 0 spiro atoms. The lowest BCUT2D eigenvalue weighted by Crippen LogP contribution is -2.27. The molecule has 118 valence electrons. The maximum Gasteiger partial charge on any atom is 0.260 e. The van der Waals surface area contributed by atoms with Gasteiger partial charge in [0.05, 0.1) is 18.4 Å². The van der Waals surface area contributed by atoms with Crippen LogP contribution in [0.4, 0.5) is 11.4 Å². The first-order valence-corrected chi connectivity index (χ1v) is 7.40. The molecule has 1 aromatic carbocycles. The quantitative estimate of drug-likeness (QED) is 0.628. The van der Waals surface area contributed by atoms with Gasteiger partial charge in [-0.25, -0.2) is 0 Å². The van der Waals surface area contributed by atoms with Crippen LogP contribution in [0.1, 0.15) is 23.2 Å². The molecule has 0 N–H and O–H groups in total. The summed E-state index contributed by atoms with van der Waals surface area (Å²) in [6.45, 7) is 4.15. The van der Waals surface area contributed by atoms with Crippen molar-refractivity contribution in [1.29, 1.82) is 0 Å². The van der Waals surface area contributed by atoms with E-state index in [1.807, 2.05) is 12.2 Å². The number of likely N-dealkylation sites (tertiary alicyclic amines) is 1. The molecule has 1 heterocycles. The van der Waals surface area contributed by atoms with Gasteiger partial charge in [0.25, 0.3) is 5.91 Å². The molecule has 1 atom stereocenters. The van der Waals surface area contributed by atoms with Crippen molar-refractivity contribution in [2.45, 2.75) is 12.8 Å². The Kier molecular flexibility index (Phi) is 4.06. The fourth-order valence-corrected chi connectivity index (χ4v) is 3.11. The number of nitroso groups, excluding NO2 is 1. The lowest BCUT2D eigenvalue weighted by Gasteiger charge is -2.22. The molecule has 0 saturated carbocycles. The minimum atomic E-state index is -0.160. The number of carbonyl (C=O) groups is 1. The number of hydrogen-bond donors (Lipinski definition) is 0. The number of aliphatic imine (C=N–C) groups is 1. The Bertz CT molecular complexity index is 737. The van der Waals surface area contributed by atoms with Crippen LogP contribution >= 0.6 is 0 Å². The van der Waals surface area contributed by atoms with Crippen LogP contribution in [-0.2, 0) is 0 Å². The third-order valence-electron chi connectivity index (χ3n) is 4.30. The Morgan fingerprint density at radius 1 is 1.39 bits per heavy atom. The van der Waals surface area contributed by atoms with Gasteiger partial charge in [-0.05, 0) is 42.9 Å². The lowest BCUT2D eigenvalue weighted by atomic mass is 9.97. The molecule has 6 nitrogen and oxygen atoms in total. The zero-order valence-electron chi connectivity index (χ0n) is 12.9. The molecular weight excluding hydrogens is 294 g/mol. The Balaban J connectivity index is 2.02. The normalized spacial score (nSPS) is 19.1. The fraction of sp³-hybridized carbons (Fsp3) is 0.294. The zero-order chi connectivity index (χ0) is 16.4. The van der Waals surface area contributed by atoms with Gasteiger partial charge in [-0.2, -0.15) is 0 Å². The number of amides is 1. The van der Waals surface area contributed by atoms with Gasteiger partial charge in [-0.15, -0.1) is 4.91 Å². The van der Waals surface area contributed by atoms with Gasteiger partial charge in [-0.1, -0.05) is 12.2 Å². The minimum absolute atomic E-state index is 0.102. The van der Waals surface area contributed by atoms with E-state index in [0.717, 1.165) is 18.5 Å². The number of methoxy groups -OCH3 is 1. The number of hydrogen-bond acceptors (Lipinski definition) is 5. The second-order valence-corrected chi connectivity index (χ2v) is 5.49. The van der Waals surface area contributed by atoms with Gasteiger partial charge in [0.2, 0.25) is 0 Å².